The Kier molecular flexibility index (Phi) is 9.29. The first kappa shape index (κ1) is 27.1. The minimum Gasteiger partial charge on any atom is -0.383 e. The zero-order chi connectivity index (χ0) is 20.7. The van der Waals surface area contributed by atoms with Gasteiger partial charge in [-0.2, -0.15) is 5.10 Å². The molecule has 1 aliphatic heterocycles. The number of pyridine rings is 2. The van der Waals surface area contributed by atoms with Gasteiger partial charge in [0, 0.05) is 40.7 Å². The number of anilines is 1. The lowest BCUT2D eigenvalue weighted by Gasteiger charge is -2.22. The number of nitrogen functional groups attached to an aromatic ring is 1. The van der Waals surface area contributed by atoms with Crippen LogP contribution in [0.1, 0.15) is 18.9 Å². The molecule has 0 radical (unpaired) electrons. The molecule has 4 heterocycles. The number of fused-ring (bicyclic) bond motifs is 1. The van der Waals surface area contributed by atoms with Crippen molar-refractivity contribution >= 4 is 65.4 Å². The third-order valence-electron chi connectivity index (χ3n) is 5.60. The summed E-state index contributed by atoms with van der Waals surface area (Å²) in [6, 6.07) is 7.25. The van der Waals surface area contributed by atoms with Crippen LogP contribution in [0, 0.1) is 5.82 Å². The summed E-state index contributed by atoms with van der Waals surface area (Å²) in [6.45, 7) is 2.02. The van der Waals surface area contributed by atoms with Gasteiger partial charge in [-0.25, -0.2) is 9.37 Å². The number of piperidine rings is 1. The van der Waals surface area contributed by atoms with Gasteiger partial charge >= 0.3 is 0 Å². The summed E-state index contributed by atoms with van der Waals surface area (Å²) in [4.78, 5) is 8.82. The molecule has 5 rings (SSSR count). The van der Waals surface area contributed by atoms with E-state index in [-0.39, 0.29) is 42.2 Å². The standard InChI is InChI=1S/C22H20ClFN6.3ClH/c23-21-18-11-27-20(8-13(18)1-2-19(21)24)17-7-14(9-28-22(17)25)15-10-29-30(12-15)16-3-5-26-6-4-16;;;/h1-2,7-12,16,26H,3-6H2,(H2,25,28);3*1H. The topological polar surface area (TPSA) is 81.6 Å². The predicted octanol–water partition coefficient (Wildman–Crippen LogP) is 5.72. The first-order valence-electron chi connectivity index (χ1n) is 9.85. The highest BCUT2D eigenvalue weighted by atomic mass is 35.5. The van der Waals surface area contributed by atoms with Crippen LogP contribution in [0.4, 0.5) is 10.2 Å². The van der Waals surface area contributed by atoms with E-state index in [1.54, 1.807) is 18.5 Å². The summed E-state index contributed by atoms with van der Waals surface area (Å²) >= 11 is 6.06. The molecule has 0 unspecified atom stereocenters. The van der Waals surface area contributed by atoms with Crippen LogP contribution in [-0.2, 0) is 0 Å². The predicted molar refractivity (Wildman–Crippen MR) is 138 cm³/mol. The molecular weight excluding hydrogens is 509 g/mol. The molecule has 4 aromatic rings. The zero-order valence-corrected chi connectivity index (χ0v) is 20.6. The second kappa shape index (κ2) is 11.3. The number of rotatable bonds is 3. The Morgan fingerprint density at radius 2 is 1.76 bits per heavy atom. The third-order valence-corrected chi connectivity index (χ3v) is 5.99. The van der Waals surface area contributed by atoms with Gasteiger partial charge in [0.1, 0.15) is 11.6 Å². The van der Waals surface area contributed by atoms with Crippen molar-refractivity contribution in [1.82, 2.24) is 25.1 Å². The number of nitrogens with zero attached hydrogens (tertiary/aromatic N) is 4. The Labute approximate surface area is 214 Å². The Morgan fingerprint density at radius 1 is 1.00 bits per heavy atom. The molecule has 33 heavy (non-hydrogen) atoms. The van der Waals surface area contributed by atoms with Crippen molar-refractivity contribution in [3.8, 4) is 22.4 Å². The van der Waals surface area contributed by atoms with Gasteiger partial charge in [-0.3, -0.25) is 9.67 Å². The average molecular weight is 532 g/mol. The van der Waals surface area contributed by atoms with Crippen LogP contribution >= 0.6 is 48.8 Å². The first-order valence-corrected chi connectivity index (χ1v) is 10.2. The number of halogens is 5. The molecule has 1 aromatic carbocycles. The Hall–Kier alpha value is -2.16. The summed E-state index contributed by atoms with van der Waals surface area (Å²) in [5, 5.41) is 9.35. The third kappa shape index (κ3) is 5.34. The van der Waals surface area contributed by atoms with E-state index in [0.29, 0.717) is 28.5 Å². The molecule has 1 fully saturated rings. The van der Waals surface area contributed by atoms with Gasteiger partial charge in [0.25, 0.3) is 0 Å². The lowest BCUT2D eigenvalue weighted by atomic mass is 10.0. The smallest absolute Gasteiger partial charge is 0.142 e. The fourth-order valence-corrected chi connectivity index (χ4v) is 4.12. The zero-order valence-electron chi connectivity index (χ0n) is 17.4. The van der Waals surface area contributed by atoms with Gasteiger partial charge in [-0.15, -0.1) is 37.2 Å². The number of hydrogen-bond acceptors (Lipinski definition) is 5. The number of aromatic nitrogens is 4. The summed E-state index contributed by atoms with van der Waals surface area (Å²) < 4.78 is 15.8. The van der Waals surface area contributed by atoms with Crippen LogP contribution in [0.2, 0.25) is 5.02 Å². The van der Waals surface area contributed by atoms with E-state index in [1.165, 1.54) is 6.07 Å². The van der Waals surface area contributed by atoms with Crippen LogP contribution in [0.5, 0.6) is 0 Å². The van der Waals surface area contributed by atoms with Gasteiger partial charge in [0.15, 0.2) is 0 Å². The normalized spacial score (nSPS) is 13.6. The van der Waals surface area contributed by atoms with E-state index in [1.807, 2.05) is 23.0 Å². The van der Waals surface area contributed by atoms with Crippen molar-refractivity contribution in [2.75, 3.05) is 18.8 Å². The van der Waals surface area contributed by atoms with Gasteiger partial charge in [0.05, 0.1) is 23.0 Å². The molecule has 3 aromatic heterocycles. The summed E-state index contributed by atoms with van der Waals surface area (Å²) in [7, 11) is 0. The molecule has 0 spiro atoms. The molecule has 0 saturated carbocycles. The lowest BCUT2D eigenvalue weighted by Crippen LogP contribution is -2.29. The van der Waals surface area contributed by atoms with Crippen molar-refractivity contribution in [1.29, 1.82) is 0 Å². The summed E-state index contributed by atoms with van der Waals surface area (Å²) in [5.41, 5.74) is 9.42. The SMILES string of the molecule is Cl.Cl.Cl.Nc1ncc(-c2cnn(C3CCNCC3)c2)cc1-c1cc2ccc(F)c(Cl)c2cn1. The molecule has 11 heteroatoms. The van der Waals surface area contributed by atoms with Crippen LogP contribution in [0.15, 0.2) is 49.1 Å². The van der Waals surface area contributed by atoms with Gasteiger partial charge in [-0.05, 0) is 49.5 Å². The minimum absolute atomic E-state index is 0. The van der Waals surface area contributed by atoms with E-state index in [0.717, 1.165) is 42.4 Å². The molecule has 1 aliphatic rings. The Morgan fingerprint density at radius 3 is 2.52 bits per heavy atom. The minimum atomic E-state index is -0.465. The quantitative estimate of drug-likeness (QED) is 0.353. The highest BCUT2D eigenvalue weighted by molar-refractivity contribution is 6.35. The van der Waals surface area contributed by atoms with Crippen LogP contribution < -0.4 is 11.1 Å². The second-order valence-corrected chi connectivity index (χ2v) is 7.88. The van der Waals surface area contributed by atoms with Gasteiger partial charge in [-0.1, -0.05) is 17.7 Å². The number of nitrogens with one attached hydrogen (secondary N) is 1. The molecule has 6 nitrogen and oxygen atoms in total. The lowest BCUT2D eigenvalue weighted by molar-refractivity contribution is 0.343. The number of hydrogen-bond donors (Lipinski definition) is 2. The molecule has 0 amide bonds. The number of nitrogens with two attached hydrogens (primary N) is 1. The maximum absolute atomic E-state index is 13.7. The second-order valence-electron chi connectivity index (χ2n) is 7.50. The molecule has 0 bridgehead atoms. The molecular formula is C22H23Cl4FN6. The van der Waals surface area contributed by atoms with E-state index in [4.69, 9.17) is 17.3 Å². The summed E-state index contributed by atoms with van der Waals surface area (Å²) in [6.07, 6.45) is 9.36. The van der Waals surface area contributed by atoms with Crippen molar-refractivity contribution in [2.45, 2.75) is 18.9 Å². The first-order chi connectivity index (χ1) is 14.6. The van der Waals surface area contributed by atoms with E-state index in [2.05, 4.69) is 26.6 Å². The van der Waals surface area contributed by atoms with Crippen LogP contribution in [-0.4, -0.2) is 32.8 Å². The van der Waals surface area contributed by atoms with Crippen molar-refractivity contribution in [3.05, 3.63) is 59.9 Å². The largest absolute Gasteiger partial charge is 0.383 e. The van der Waals surface area contributed by atoms with Crippen molar-refractivity contribution < 1.29 is 4.39 Å². The number of benzene rings is 1. The highest BCUT2D eigenvalue weighted by Gasteiger charge is 2.17. The molecule has 1 saturated heterocycles. The highest BCUT2D eigenvalue weighted by Crippen LogP contribution is 2.33. The van der Waals surface area contributed by atoms with Crippen molar-refractivity contribution in [3.63, 3.8) is 0 Å². The van der Waals surface area contributed by atoms with Crippen LogP contribution in [0.25, 0.3) is 33.2 Å². The molecule has 0 atom stereocenters. The van der Waals surface area contributed by atoms with E-state index >= 15 is 0 Å². The molecule has 176 valence electrons. The van der Waals surface area contributed by atoms with E-state index in [9.17, 15) is 4.39 Å². The Bertz CT molecular complexity index is 1240. The maximum atomic E-state index is 13.7. The average Bonchev–Trinajstić information content (AvgIpc) is 3.27. The maximum Gasteiger partial charge on any atom is 0.142 e. The molecule has 0 aliphatic carbocycles. The molecule has 3 N–H and O–H groups in total. The fourth-order valence-electron chi connectivity index (χ4n) is 3.90. The van der Waals surface area contributed by atoms with Crippen LogP contribution in [0.3, 0.4) is 0 Å². The van der Waals surface area contributed by atoms with Gasteiger partial charge in [0.2, 0.25) is 0 Å². The summed E-state index contributed by atoms with van der Waals surface area (Å²) in [5.74, 6) is -0.0859. The fraction of sp³-hybridized carbons (Fsp3) is 0.227. The van der Waals surface area contributed by atoms with E-state index < -0.39 is 5.82 Å². The Balaban J connectivity index is 0.00000128. The monoisotopic (exact) mass is 530 g/mol. The van der Waals surface area contributed by atoms with Gasteiger partial charge < -0.3 is 11.1 Å². The van der Waals surface area contributed by atoms with Crippen molar-refractivity contribution in [2.24, 2.45) is 0 Å².